The molecule has 0 bridgehead atoms. The van der Waals surface area contributed by atoms with Crippen molar-refractivity contribution in [2.24, 2.45) is 0 Å². The maximum Gasteiger partial charge on any atom is 0.143 e. The van der Waals surface area contributed by atoms with Gasteiger partial charge in [0.25, 0.3) is 0 Å². The summed E-state index contributed by atoms with van der Waals surface area (Å²) in [5.74, 6) is 0. The summed E-state index contributed by atoms with van der Waals surface area (Å²) in [5, 5.41) is 9.49. The first-order chi connectivity index (χ1) is 27.8. The Morgan fingerprint density at radius 2 is 0.946 bits per heavy atom. The first-order valence-corrected chi connectivity index (χ1v) is 19.2. The molecule has 11 aromatic rings. The summed E-state index contributed by atoms with van der Waals surface area (Å²) in [4.78, 5) is 2.41. The summed E-state index contributed by atoms with van der Waals surface area (Å²) < 4.78 is 6.67. The molecule has 0 saturated heterocycles. The standard InChI is InChI=1S/C54H35NO/c1-2-15-40-34-41(27-26-36(40)12-1)37-28-31-43(32-29-37)55(44-18-9-17-42(35-44)46-22-10-16-38-13-3-5-19-45(38)46)51-24-8-7-21-48(51)49-23-11-25-52-53(49)50-33-30-39-14-4-6-20-47(39)54(50)56-52/h1-35H. The molecule has 0 N–H and O–H groups in total. The van der Waals surface area contributed by atoms with E-state index in [0.717, 1.165) is 55.5 Å². The van der Waals surface area contributed by atoms with Gasteiger partial charge in [-0.25, -0.2) is 0 Å². The van der Waals surface area contributed by atoms with Crippen molar-refractivity contribution >= 4 is 71.3 Å². The zero-order valence-corrected chi connectivity index (χ0v) is 30.6. The molecule has 11 rings (SSSR count). The minimum atomic E-state index is 0.882. The van der Waals surface area contributed by atoms with Crippen LogP contribution in [-0.2, 0) is 0 Å². The topological polar surface area (TPSA) is 16.4 Å². The normalized spacial score (nSPS) is 11.6. The van der Waals surface area contributed by atoms with Crippen LogP contribution in [0.5, 0.6) is 0 Å². The zero-order chi connectivity index (χ0) is 37.0. The monoisotopic (exact) mass is 713 g/mol. The molecule has 1 aromatic heterocycles. The van der Waals surface area contributed by atoms with Crippen LogP contribution in [-0.4, -0.2) is 0 Å². The third kappa shape index (κ3) is 5.34. The highest BCUT2D eigenvalue weighted by Gasteiger charge is 2.21. The van der Waals surface area contributed by atoms with Crippen molar-refractivity contribution in [3.63, 3.8) is 0 Å². The van der Waals surface area contributed by atoms with Crippen molar-refractivity contribution in [3.8, 4) is 33.4 Å². The highest BCUT2D eigenvalue weighted by molar-refractivity contribution is 6.19. The molecule has 56 heavy (non-hydrogen) atoms. The Hall–Kier alpha value is -7.42. The van der Waals surface area contributed by atoms with Crippen LogP contribution in [0.1, 0.15) is 0 Å². The van der Waals surface area contributed by atoms with Gasteiger partial charge in [0.05, 0.1) is 5.69 Å². The van der Waals surface area contributed by atoms with Gasteiger partial charge in [-0.1, -0.05) is 164 Å². The summed E-state index contributed by atoms with van der Waals surface area (Å²) in [6.07, 6.45) is 0. The number of anilines is 3. The molecule has 0 aliphatic heterocycles. The number of furan rings is 1. The van der Waals surface area contributed by atoms with Crippen molar-refractivity contribution in [2.75, 3.05) is 4.90 Å². The molecule has 0 fully saturated rings. The van der Waals surface area contributed by atoms with Gasteiger partial charge < -0.3 is 9.32 Å². The molecule has 0 aliphatic rings. The number of nitrogens with zero attached hydrogens (tertiary/aromatic N) is 1. The van der Waals surface area contributed by atoms with E-state index in [2.05, 4.69) is 217 Å². The number of rotatable bonds is 6. The van der Waals surface area contributed by atoms with Crippen LogP contribution in [0.4, 0.5) is 17.1 Å². The molecule has 0 unspecified atom stereocenters. The van der Waals surface area contributed by atoms with Gasteiger partial charge in [0.15, 0.2) is 0 Å². The first kappa shape index (κ1) is 32.0. The molecule has 0 atom stereocenters. The molecule has 0 spiro atoms. The van der Waals surface area contributed by atoms with Crippen LogP contribution in [0.2, 0.25) is 0 Å². The van der Waals surface area contributed by atoms with Crippen molar-refractivity contribution in [2.45, 2.75) is 0 Å². The van der Waals surface area contributed by atoms with Gasteiger partial charge >= 0.3 is 0 Å². The fraction of sp³-hybridized carbons (Fsp3) is 0. The minimum Gasteiger partial charge on any atom is -0.455 e. The summed E-state index contributed by atoms with van der Waals surface area (Å²) in [6.45, 7) is 0. The number of hydrogen-bond donors (Lipinski definition) is 0. The quantitative estimate of drug-likeness (QED) is 0.171. The van der Waals surface area contributed by atoms with Gasteiger partial charge in [-0.3, -0.25) is 0 Å². The van der Waals surface area contributed by atoms with Crippen LogP contribution in [0.3, 0.4) is 0 Å². The van der Waals surface area contributed by atoms with Gasteiger partial charge in [0, 0.05) is 33.1 Å². The van der Waals surface area contributed by atoms with Crippen LogP contribution in [0, 0.1) is 0 Å². The van der Waals surface area contributed by atoms with Crippen LogP contribution in [0.25, 0.3) is 87.6 Å². The third-order valence-corrected chi connectivity index (χ3v) is 11.2. The molecule has 1 heterocycles. The predicted octanol–water partition coefficient (Wildman–Crippen LogP) is 15.5. The van der Waals surface area contributed by atoms with Crippen LogP contribution >= 0.6 is 0 Å². The largest absolute Gasteiger partial charge is 0.455 e. The lowest BCUT2D eigenvalue weighted by molar-refractivity contribution is 0.673. The van der Waals surface area contributed by atoms with Crippen molar-refractivity contribution < 1.29 is 4.42 Å². The Labute approximate surface area is 325 Å². The van der Waals surface area contributed by atoms with Crippen LogP contribution in [0.15, 0.2) is 217 Å². The van der Waals surface area contributed by atoms with E-state index in [1.54, 1.807) is 0 Å². The van der Waals surface area contributed by atoms with Gasteiger partial charge in [0.1, 0.15) is 11.2 Å². The minimum absolute atomic E-state index is 0.882. The molecule has 262 valence electrons. The second kappa shape index (κ2) is 13.2. The van der Waals surface area contributed by atoms with Crippen molar-refractivity contribution in [3.05, 3.63) is 212 Å². The second-order valence-electron chi connectivity index (χ2n) is 14.5. The molecule has 2 heteroatoms. The summed E-state index contributed by atoms with van der Waals surface area (Å²) in [5.41, 5.74) is 12.1. The molecule has 2 nitrogen and oxygen atoms in total. The van der Waals surface area contributed by atoms with Gasteiger partial charge in [-0.05, 0) is 103 Å². The van der Waals surface area contributed by atoms with Gasteiger partial charge in [0.2, 0.25) is 0 Å². The molecular weight excluding hydrogens is 679 g/mol. The van der Waals surface area contributed by atoms with E-state index >= 15 is 0 Å². The number of fused-ring (bicyclic) bond motifs is 7. The SMILES string of the molecule is c1cc(-c2cccc3ccccc23)cc(N(c2ccc(-c3ccc4ccccc4c3)cc2)c2ccccc2-c2cccc3oc4c5ccccc5ccc4c23)c1. The highest BCUT2D eigenvalue weighted by atomic mass is 16.3. The van der Waals surface area contributed by atoms with Crippen LogP contribution < -0.4 is 4.90 Å². The maximum atomic E-state index is 6.67. The van der Waals surface area contributed by atoms with Gasteiger partial charge in [-0.15, -0.1) is 0 Å². The Kier molecular flexibility index (Phi) is 7.53. The van der Waals surface area contributed by atoms with Crippen molar-refractivity contribution in [1.29, 1.82) is 0 Å². The van der Waals surface area contributed by atoms with E-state index in [4.69, 9.17) is 4.42 Å². The zero-order valence-electron chi connectivity index (χ0n) is 30.6. The summed E-state index contributed by atoms with van der Waals surface area (Å²) in [6, 6.07) is 76.5. The van der Waals surface area contributed by atoms with E-state index in [0.29, 0.717) is 0 Å². The van der Waals surface area contributed by atoms with Gasteiger partial charge in [-0.2, -0.15) is 0 Å². The maximum absolute atomic E-state index is 6.67. The number of hydrogen-bond acceptors (Lipinski definition) is 2. The highest BCUT2D eigenvalue weighted by Crippen LogP contribution is 2.46. The lowest BCUT2D eigenvalue weighted by Gasteiger charge is -2.28. The Bertz CT molecular complexity index is 3260. The molecule has 10 aromatic carbocycles. The average Bonchev–Trinajstić information content (AvgIpc) is 3.66. The lowest BCUT2D eigenvalue weighted by atomic mass is 9.95. The molecule has 0 saturated carbocycles. The van der Waals surface area contributed by atoms with E-state index < -0.39 is 0 Å². The Morgan fingerprint density at radius 3 is 1.82 bits per heavy atom. The van der Waals surface area contributed by atoms with Crippen molar-refractivity contribution in [1.82, 2.24) is 0 Å². The summed E-state index contributed by atoms with van der Waals surface area (Å²) in [7, 11) is 0. The fourth-order valence-corrected chi connectivity index (χ4v) is 8.56. The van der Waals surface area contributed by atoms with E-state index in [1.807, 2.05) is 0 Å². The smallest absolute Gasteiger partial charge is 0.143 e. The molecule has 0 aliphatic carbocycles. The average molecular weight is 714 g/mol. The second-order valence-corrected chi connectivity index (χ2v) is 14.5. The Balaban J connectivity index is 1.11. The predicted molar refractivity (Wildman–Crippen MR) is 237 cm³/mol. The first-order valence-electron chi connectivity index (χ1n) is 19.2. The van der Waals surface area contributed by atoms with E-state index in [1.165, 1.54) is 49.2 Å². The summed E-state index contributed by atoms with van der Waals surface area (Å²) >= 11 is 0. The molecular formula is C54H35NO. The molecule has 0 amide bonds. The van der Waals surface area contributed by atoms with E-state index in [9.17, 15) is 0 Å². The number of benzene rings is 10. The fourth-order valence-electron chi connectivity index (χ4n) is 8.56. The van der Waals surface area contributed by atoms with E-state index in [-0.39, 0.29) is 0 Å². The third-order valence-electron chi connectivity index (χ3n) is 11.2. The lowest BCUT2D eigenvalue weighted by Crippen LogP contribution is -2.11. The Morgan fingerprint density at radius 1 is 0.321 bits per heavy atom. The number of para-hydroxylation sites is 1. The molecule has 0 radical (unpaired) electrons.